The number of allylic oxidation sites excluding steroid dienone is 2. The minimum absolute atomic E-state index is 0.0326. The molecule has 1 aromatic heterocycles. The molecule has 4 aromatic rings. The average molecular weight is 515 g/mol. The Morgan fingerprint density at radius 1 is 1.16 bits per heavy atom. The molecule has 188 valence electrons. The summed E-state index contributed by atoms with van der Waals surface area (Å²) in [5.74, 6) is 0.810. The van der Waals surface area contributed by atoms with Crippen LogP contribution in [0.25, 0.3) is 16.8 Å². The second kappa shape index (κ2) is 9.71. The van der Waals surface area contributed by atoms with Crippen LogP contribution in [0.2, 0.25) is 0 Å². The van der Waals surface area contributed by atoms with Crippen LogP contribution in [-0.4, -0.2) is 29.2 Å². The van der Waals surface area contributed by atoms with Crippen molar-refractivity contribution in [1.29, 1.82) is 0 Å². The van der Waals surface area contributed by atoms with Crippen LogP contribution >= 0.6 is 11.3 Å². The number of aromatic hydroxyl groups is 1. The van der Waals surface area contributed by atoms with Gasteiger partial charge in [0.25, 0.3) is 5.56 Å². The standard InChI is InChI=1S/C29H26N2O5S/c1-5-36-23-14-18(10-12-21(23)33)15-24-28(34)31-27(25(17(3)32)16(2)30-29(31)37-24)26-20-9-7-6-8-19(20)11-13-22(26)35-4/h6-15,27,33H,5H2,1-4H3/b24-15-. The van der Waals surface area contributed by atoms with Gasteiger partial charge < -0.3 is 14.6 Å². The van der Waals surface area contributed by atoms with Crippen molar-refractivity contribution in [3.05, 3.63) is 96.7 Å². The number of hydrogen-bond acceptors (Lipinski definition) is 7. The fourth-order valence-corrected chi connectivity index (χ4v) is 5.87. The highest BCUT2D eigenvalue weighted by Crippen LogP contribution is 2.40. The van der Waals surface area contributed by atoms with Crippen LogP contribution in [0.4, 0.5) is 0 Å². The number of benzene rings is 3. The van der Waals surface area contributed by atoms with Gasteiger partial charge in [-0.2, -0.15) is 0 Å². The highest BCUT2D eigenvalue weighted by atomic mass is 32.1. The number of carbonyl (C=O) groups is 1. The van der Waals surface area contributed by atoms with Crippen molar-refractivity contribution in [2.45, 2.75) is 26.8 Å². The van der Waals surface area contributed by atoms with Crippen LogP contribution in [0.3, 0.4) is 0 Å². The van der Waals surface area contributed by atoms with Crippen LogP contribution in [0.15, 0.2) is 75.7 Å². The Morgan fingerprint density at radius 3 is 2.68 bits per heavy atom. The maximum absolute atomic E-state index is 13.9. The van der Waals surface area contributed by atoms with Crippen LogP contribution in [0.1, 0.15) is 37.9 Å². The zero-order valence-electron chi connectivity index (χ0n) is 20.9. The number of methoxy groups -OCH3 is 1. The Balaban J connectivity index is 1.81. The van der Waals surface area contributed by atoms with Gasteiger partial charge in [-0.15, -0.1) is 0 Å². The first-order chi connectivity index (χ1) is 17.8. The smallest absolute Gasteiger partial charge is 0.271 e. The molecule has 0 saturated carbocycles. The Kier molecular flexibility index (Phi) is 6.43. The number of Topliss-reactive ketones (excluding diaryl/α,β-unsaturated/α-hetero) is 1. The summed E-state index contributed by atoms with van der Waals surface area (Å²) in [7, 11) is 1.59. The Hall–Kier alpha value is -4.17. The molecule has 0 radical (unpaired) electrons. The number of nitrogens with zero attached hydrogens (tertiary/aromatic N) is 2. The van der Waals surface area contributed by atoms with Gasteiger partial charge in [-0.1, -0.05) is 47.7 Å². The van der Waals surface area contributed by atoms with Gasteiger partial charge in [-0.25, -0.2) is 4.99 Å². The minimum Gasteiger partial charge on any atom is -0.504 e. The molecule has 0 fully saturated rings. The number of phenols is 1. The summed E-state index contributed by atoms with van der Waals surface area (Å²) in [6.45, 7) is 5.53. The van der Waals surface area contributed by atoms with E-state index in [0.717, 1.165) is 16.3 Å². The fourth-order valence-electron chi connectivity index (χ4n) is 4.82. The number of ether oxygens (including phenoxy) is 2. The molecule has 0 aliphatic carbocycles. The van der Waals surface area contributed by atoms with E-state index in [1.54, 1.807) is 36.8 Å². The van der Waals surface area contributed by atoms with Gasteiger partial charge in [0, 0.05) is 16.8 Å². The number of phenolic OH excluding ortho intramolecular Hbond substituents is 1. The molecule has 0 saturated heterocycles. The van der Waals surface area contributed by atoms with Crippen molar-refractivity contribution in [2.75, 3.05) is 13.7 Å². The quantitative estimate of drug-likeness (QED) is 0.419. The maximum Gasteiger partial charge on any atom is 0.271 e. The third-order valence-electron chi connectivity index (χ3n) is 6.41. The first-order valence-electron chi connectivity index (χ1n) is 11.9. The van der Waals surface area contributed by atoms with E-state index in [1.165, 1.54) is 24.3 Å². The summed E-state index contributed by atoms with van der Waals surface area (Å²) < 4.78 is 13.3. The molecular formula is C29H26N2O5S. The molecule has 8 heteroatoms. The molecule has 0 bridgehead atoms. The first kappa shape index (κ1) is 24.5. The highest BCUT2D eigenvalue weighted by Gasteiger charge is 2.33. The predicted octanol–water partition coefficient (Wildman–Crippen LogP) is 4.09. The molecule has 7 nitrogen and oxygen atoms in total. The summed E-state index contributed by atoms with van der Waals surface area (Å²) in [5, 5.41) is 11.9. The molecule has 1 aliphatic heterocycles. The predicted molar refractivity (Wildman–Crippen MR) is 144 cm³/mol. The normalized spacial score (nSPS) is 15.5. The van der Waals surface area contributed by atoms with E-state index in [4.69, 9.17) is 9.47 Å². The Bertz CT molecular complexity index is 1760. The third-order valence-corrected chi connectivity index (χ3v) is 7.39. The van der Waals surface area contributed by atoms with E-state index in [-0.39, 0.29) is 17.1 Å². The van der Waals surface area contributed by atoms with Gasteiger partial charge in [-0.05, 0) is 61.4 Å². The van der Waals surface area contributed by atoms with Gasteiger partial charge in [0.15, 0.2) is 22.1 Å². The molecule has 1 atom stereocenters. The number of aromatic nitrogens is 1. The van der Waals surface area contributed by atoms with E-state index >= 15 is 0 Å². The van der Waals surface area contributed by atoms with Crippen LogP contribution < -0.4 is 24.4 Å². The van der Waals surface area contributed by atoms with Crippen molar-refractivity contribution >= 4 is 34.0 Å². The van der Waals surface area contributed by atoms with Crippen molar-refractivity contribution in [2.24, 2.45) is 4.99 Å². The van der Waals surface area contributed by atoms with Crippen LogP contribution in [0.5, 0.6) is 17.2 Å². The van der Waals surface area contributed by atoms with Gasteiger partial charge >= 0.3 is 0 Å². The lowest BCUT2D eigenvalue weighted by atomic mass is 9.89. The first-order valence-corrected chi connectivity index (χ1v) is 12.7. The van der Waals surface area contributed by atoms with Crippen molar-refractivity contribution < 1.29 is 19.4 Å². The molecular weight excluding hydrogens is 488 g/mol. The van der Waals surface area contributed by atoms with E-state index < -0.39 is 6.04 Å². The van der Waals surface area contributed by atoms with E-state index in [2.05, 4.69) is 4.99 Å². The molecule has 0 spiro atoms. The van der Waals surface area contributed by atoms with E-state index in [1.807, 2.05) is 43.3 Å². The zero-order valence-corrected chi connectivity index (χ0v) is 21.8. The van der Waals surface area contributed by atoms with Crippen LogP contribution in [0, 0.1) is 0 Å². The summed E-state index contributed by atoms with van der Waals surface area (Å²) in [6, 6.07) is 15.9. The second-order valence-electron chi connectivity index (χ2n) is 8.70. The summed E-state index contributed by atoms with van der Waals surface area (Å²) >= 11 is 1.25. The second-order valence-corrected chi connectivity index (χ2v) is 9.71. The number of thiazole rings is 1. The molecule has 37 heavy (non-hydrogen) atoms. The Labute approximate surface area is 217 Å². The molecule has 1 aliphatic rings. The molecule has 1 unspecified atom stereocenters. The Morgan fingerprint density at radius 2 is 1.95 bits per heavy atom. The summed E-state index contributed by atoms with van der Waals surface area (Å²) in [6.07, 6.45) is 1.75. The fraction of sp³-hybridized carbons (Fsp3) is 0.207. The topological polar surface area (TPSA) is 90.1 Å². The van der Waals surface area contributed by atoms with Gasteiger partial charge in [0.05, 0.1) is 24.3 Å². The molecule has 0 amide bonds. The average Bonchev–Trinajstić information content (AvgIpc) is 3.18. The number of fused-ring (bicyclic) bond motifs is 2. The zero-order chi connectivity index (χ0) is 26.3. The largest absolute Gasteiger partial charge is 0.504 e. The lowest BCUT2D eigenvalue weighted by Gasteiger charge is -2.27. The van der Waals surface area contributed by atoms with Gasteiger partial charge in [0.1, 0.15) is 5.75 Å². The van der Waals surface area contributed by atoms with Crippen molar-refractivity contribution in [3.63, 3.8) is 0 Å². The van der Waals surface area contributed by atoms with Gasteiger partial charge in [-0.3, -0.25) is 14.2 Å². The number of hydrogen-bond donors (Lipinski definition) is 1. The van der Waals surface area contributed by atoms with Crippen molar-refractivity contribution in [3.8, 4) is 17.2 Å². The van der Waals surface area contributed by atoms with E-state index in [9.17, 15) is 14.7 Å². The lowest BCUT2D eigenvalue weighted by Crippen LogP contribution is -2.39. The minimum atomic E-state index is -0.698. The molecule has 1 N–H and O–H groups in total. The molecule has 3 aromatic carbocycles. The maximum atomic E-state index is 13.9. The number of rotatable bonds is 6. The molecule has 2 heterocycles. The van der Waals surface area contributed by atoms with Crippen molar-refractivity contribution in [1.82, 2.24) is 4.57 Å². The summed E-state index contributed by atoms with van der Waals surface area (Å²) in [5.41, 5.74) is 2.21. The third kappa shape index (κ3) is 4.23. The number of ketones is 1. The monoisotopic (exact) mass is 514 g/mol. The highest BCUT2D eigenvalue weighted by molar-refractivity contribution is 7.07. The van der Waals surface area contributed by atoms with Crippen LogP contribution in [-0.2, 0) is 4.79 Å². The summed E-state index contributed by atoms with van der Waals surface area (Å²) in [4.78, 5) is 32.0. The lowest BCUT2D eigenvalue weighted by molar-refractivity contribution is -0.114. The molecule has 5 rings (SSSR count). The SMILES string of the molecule is CCOc1cc(/C=c2\sc3n(c2=O)C(c2c(OC)ccc4ccccc24)C(C(C)=O)=C(C)N=3)ccc1O. The van der Waals surface area contributed by atoms with Gasteiger partial charge in [0.2, 0.25) is 0 Å². The number of carbonyl (C=O) groups excluding carboxylic acids is 1. The van der Waals surface area contributed by atoms with E-state index in [0.29, 0.717) is 44.3 Å².